The highest BCUT2D eigenvalue weighted by Crippen LogP contribution is 1.98. The van der Waals surface area contributed by atoms with Crippen LogP contribution in [0.2, 0.25) is 0 Å². The Morgan fingerprint density at radius 3 is 2.83 bits per heavy atom. The topological polar surface area (TPSA) is 18.5 Å². The number of hydrogen-bond donors (Lipinski definition) is 0. The Bertz CT molecular complexity index is 63.2. The first-order valence-electron chi connectivity index (χ1n) is 1.54. The normalized spacial score (nSPS) is 19.7. The van der Waals surface area contributed by atoms with Crippen molar-refractivity contribution in [1.29, 1.82) is 0 Å². The zero-order valence-corrected chi connectivity index (χ0v) is 3.83. The van der Waals surface area contributed by atoms with Gasteiger partial charge in [0.15, 0.2) is 6.61 Å². The molecule has 1 radical (unpaired) electrons. The molecule has 2 nitrogen and oxygen atoms in total. The molecule has 1 saturated heterocycles. The Labute approximate surface area is 41.0 Å². The molecule has 33 valence electrons. The minimum Gasteiger partial charge on any atom is -0.453 e. The smallest absolute Gasteiger partial charge is 0.352 e. The minimum atomic E-state index is 0.231. The lowest BCUT2D eigenvalue weighted by Gasteiger charge is -1.83. The Morgan fingerprint density at radius 2 is 2.67 bits per heavy atom. The Hall–Kier alpha value is -0.310. The van der Waals surface area contributed by atoms with Crippen LogP contribution in [0.15, 0.2) is 0 Å². The number of hydrogen-bond acceptors (Lipinski definition) is 3. The fraction of sp³-hybridized carbons (Fsp3) is 0.333. The second-order valence-electron chi connectivity index (χ2n) is 0.846. The van der Waals surface area contributed by atoms with Gasteiger partial charge in [-0.1, -0.05) is 0 Å². The summed E-state index contributed by atoms with van der Waals surface area (Å²) in [6.45, 7) is 2.02. The van der Waals surface area contributed by atoms with Crippen LogP contribution in [0, 0.1) is 6.61 Å². The molecular weight excluding hydrogens is 100 g/mol. The highest BCUT2D eigenvalue weighted by Gasteiger charge is 2.05. The van der Waals surface area contributed by atoms with Crippen LogP contribution < -0.4 is 0 Å². The van der Waals surface area contributed by atoms with Crippen LogP contribution >= 0.6 is 12.2 Å². The van der Waals surface area contributed by atoms with E-state index >= 15 is 0 Å². The summed E-state index contributed by atoms with van der Waals surface area (Å²) in [5.74, 6) is 0. The molecule has 0 atom stereocenters. The molecule has 1 heterocycles. The van der Waals surface area contributed by atoms with Crippen LogP contribution in [-0.2, 0) is 9.47 Å². The van der Waals surface area contributed by atoms with Crippen molar-refractivity contribution in [2.24, 2.45) is 0 Å². The lowest BCUT2D eigenvalue weighted by atomic mass is 10.8. The maximum atomic E-state index is 4.61. The summed E-state index contributed by atoms with van der Waals surface area (Å²) >= 11 is 4.44. The van der Waals surface area contributed by atoms with Gasteiger partial charge >= 0.3 is 5.24 Å². The van der Waals surface area contributed by atoms with Gasteiger partial charge in [0.05, 0.1) is 0 Å². The van der Waals surface area contributed by atoms with Gasteiger partial charge < -0.3 is 9.47 Å². The van der Waals surface area contributed by atoms with E-state index in [1.165, 1.54) is 6.61 Å². The molecule has 1 aliphatic heterocycles. The predicted molar refractivity (Wildman–Crippen MR) is 23.9 cm³/mol. The predicted octanol–water partition coefficient (Wildman–Crippen LogP) is 0.480. The molecule has 3 heteroatoms. The number of rotatable bonds is 0. The summed E-state index contributed by atoms with van der Waals surface area (Å²) in [7, 11) is 0. The van der Waals surface area contributed by atoms with Crippen molar-refractivity contribution >= 4 is 17.5 Å². The fourth-order valence-electron chi connectivity index (χ4n) is 0.238. The van der Waals surface area contributed by atoms with E-state index in [1.54, 1.807) is 0 Å². The molecule has 1 fully saturated rings. The lowest BCUT2D eigenvalue weighted by molar-refractivity contribution is 0.357. The van der Waals surface area contributed by atoms with Gasteiger partial charge in [0.1, 0.15) is 6.61 Å². The third-order valence-electron chi connectivity index (χ3n) is 0.449. The molecule has 0 saturated carbocycles. The van der Waals surface area contributed by atoms with E-state index in [1.807, 2.05) is 0 Å². The van der Waals surface area contributed by atoms with E-state index in [4.69, 9.17) is 0 Å². The second kappa shape index (κ2) is 1.43. The van der Waals surface area contributed by atoms with Gasteiger partial charge in [-0.25, -0.2) is 0 Å². The van der Waals surface area contributed by atoms with Crippen molar-refractivity contribution in [1.82, 2.24) is 0 Å². The summed E-state index contributed by atoms with van der Waals surface area (Å²) < 4.78 is 9.14. The van der Waals surface area contributed by atoms with Gasteiger partial charge in [-0.05, 0) is 0 Å². The van der Waals surface area contributed by atoms with Crippen molar-refractivity contribution in [3.63, 3.8) is 0 Å². The molecule has 1 aliphatic rings. The fourth-order valence-corrected chi connectivity index (χ4v) is 0.374. The van der Waals surface area contributed by atoms with Crippen molar-refractivity contribution < 1.29 is 9.47 Å². The quantitative estimate of drug-likeness (QED) is 0.415. The van der Waals surface area contributed by atoms with Crippen molar-refractivity contribution in [3.05, 3.63) is 6.61 Å². The van der Waals surface area contributed by atoms with Crippen LogP contribution in [0.4, 0.5) is 0 Å². The summed E-state index contributed by atoms with van der Waals surface area (Å²) in [5.41, 5.74) is 0. The van der Waals surface area contributed by atoms with Crippen molar-refractivity contribution in [2.45, 2.75) is 0 Å². The summed E-state index contributed by atoms with van der Waals surface area (Å²) in [6, 6.07) is 0. The van der Waals surface area contributed by atoms with Crippen LogP contribution in [0.5, 0.6) is 0 Å². The average Bonchev–Trinajstić information content (AvgIpc) is 1.86. The highest BCUT2D eigenvalue weighted by atomic mass is 32.1. The molecule has 6 heavy (non-hydrogen) atoms. The average molecular weight is 103 g/mol. The van der Waals surface area contributed by atoms with Gasteiger partial charge in [-0.15, -0.1) is 0 Å². The first-order chi connectivity index (χ1) is 2.89. The van der Waals surface area contributed by atoms with Gasteiger partial charge in [0.2, 0.25) is 0 Å². The molecule has 0 aliphatic carbocycles. The zero-order valence-electron chi connectivity index (χ0n) is 3.01. The Morgan fingerprint density at radius 1 is 1.83 bits per heavy atom. The van der Waals surface area contributed by atoms with Crippen LogP contribution in [0.1, 0.15) is 0 Å². The second-order valence-corrected chi connectivity index (χ2v) is 1.18. The minimum absolute atomic E-state index is 0.231. The standard InChI is InChI=1S/C3H3O2S/c6-3-4-1-2-5-3/h1H,2H2. The number of thiocarbonyl (C=S) groups is 1. The van der Waals surface area contributed by atoms with Gasteiger partial charge in [-0.2, -0.15) is 0 Å². The molecule has 0 unspecified atom stereocenters. The molecule has 0 N–H and O–H groups in total. The van der Waals surface area contributed by atoms with E-state index in [9.17, 15) is 0 Å². The Balaban J connectivity index is 2.37. The SMILES string of the molecule is S=C1O[CH]CO1. The molecule has 0 bridgehead atoms. The molecule has 0 aromatic rings. The lowest BCUT2D eigenvalue weighted by Crippen LogP contribution is -1.87. The maximum absolute atomic E-state index is 4.61. The molecule has 0 amide bonds. The van der Waals surface area contributed by atoms with E-state index in [0.717, 1.165) is 0 Å². The van der Waals surface area contributed by atoms with Crippen LogP contribution in [-0.4, -0.2) is 11.8 Å². The Kier molecular flexibility index (Phi) is 0.919. The van der Waals surface area contributed by atoms with Crippen LogP contribution in [0.3, 0.4) is 0 Å². The third-order valence-corrected chi connectivity index (χ3v) is 0.663. The number of ether oxygens (including phenoxy) is 2. The van der Waals surface area contributed by atoms with Gasteiger partial charge in [0.25, 0.3) is 0 Å². The first-order valence-corrected chi connectivity index (χ1v) is 1.95. The third kappa shape index (κ3) is 0.597. The van der Waals surface area contributed by atoms with E-state index in [2.05, 4.69) is 21.7 Å². The summed E-state index contributed by atoms with van der Waals surface area (Å²) in [6.07, 6.45) is 0. The summed E-state index contributed by atoms with van der Waals surface area (Å²) in [5, 5.41) is 0.231. The monoisotopic (exact) mass is 103 g/mol. The maximum Gasteiger partial charge on any atom is 0.352 e. The van der Waals surface area contributed by atoms with Crippen molar-refractivity contribution in [3.8, 4) is 0 Å². The largest absolute Gasteiger partial charge is 0.453 e. The van der Waals surface area contributed by atoms with Gasteiger partial charge in [-0.3, -0.25) is 0 Å². The van der Waals surface area contributed by atoms with E-state index < -0.39 is 0 Å². The molecule has 1 rings (SSSR count). The summed E-state index contributed by atoms with van der Waals surface area (Å²) in [4.78, 5) is 0. The van der Waals surface area contributed by atoms with E-state index in [-0.39, 0.29) is 5.24 Å². The molecule has 0 aromatic heterocycles. The first kappa shape index (κ1) is 3.87. The molecule has 0 spiro atoms. The molecule has 0 aromatic carbocycles. The zero-order chi connectivity index (χ0) is 4.41. The van der Waals surface area contributed by atoms with E-state index in [0.29, 0.717) is 6.61 Å². The van der Waals surface area contributed by atoms with Crippen LogP contribution in [0.25, 0.3) is 0 Å². The molecular formula is C3H3O2S. The van der Waals surface area contributed by atoms with Gasteiger partial charge in [0, 0.05) is 12.2 Å². The van der Waals surface area contributed by atoms with Crippen molar-refractivity contribution in [2.75, 3.05) is 6.61 Å². The highest BCUT2D eigenvalue weighted by molar-refractivity contribution is 7.79.